The zero-order valence-electron chi connectivity index (χ0n) is 10.1. The molecule has 0 bridgehead atoms. The number of nitrogens with one attached hydrogen (secondary N) is 2. The summed E-state index contributed by atoms with van der Waals surface area (Å²) in [4.78, 5) is 15.5. The van der Waals surface area contributed by atoms with Crippen molar-refractivity contribution in [1.29, 1.82) is 0 Å². The number of carbonyl (C=O) groups excluding carboxylic acids is 1. The minimum atomic E-state index is -3.27. The molecule has 2 rings (SSSR count). The number of aromatic nitrogens is 1. The van der Waals surface area contributed by atoms with Gasteiger partial charge in [0.05, 0.1) is 0 Å². The molecule has 8 heteroatoms. The van der Waals surface area contributed by atoms with Gasteiger partial charge in [-0.25, -0.2) is 9.78 Å². The second kappa shape index (κ2) is 5.86. The highest BCUT2D eigenvalue weighted by Crippen LogP contribution is 2.38. The zero-order valence-corrected chi connectivity index (χ0v) is 11.8. The van der Waals surface area contributed by atoms with Gasteiger partial charge in [-0.2, -0.15) is 0 Å². The molecule has 6 nitrogen and oxygen atoms in total. The van der Waals surface area contributed by atoms with Gasteiger partial charge in [0, 0.05) is 18.2 Å². The maximum absolute atomic E-state index is 12.1. The third-order valence-electron chi connectivity index (χ3n) is 1.98. The van der Waals surface area contributed by atoms with E-state index in [4.69, 9.17) is 4.52 Å². The van der Waals surface area contributed by atoms with E-state index in [0.717, 1.165) is 0 Å². The van der Waals surface area contributed by atoms with Crippen LogP contribution in [-0.2, 0) is 4.57 Å². The van der Waals surface area contributed by atoms with Gasteiger partial charge < -0.3 is 4.52 Å². The standard InChI is InChI=1S/C11H12N3O3PS/c1-18(16,17-9-5-3-2-4-6-9)14-10(15)13-11-12-7-8-19-11/h2-8H,1H3,(H2,12,13,14,15,16). The molecule has 2 aromatic rings. The van der Waals surface area contributed by atoms with E-state index in [1.165, 1.54) is 18.0 Å². The van der Waals surface area contributed by atoms with Gasteiger partial charge in [0.2, 0.25) is 0 Å². The number of rotatable bonds is 4. The Morgan fingerprint density at radius 1 is 1.37 bits per heavy atom. The number of hydrogen-bond acceptors (Lipinski definition) is 5. The Morgan fingerprint density at radius 3 is 2.74 bits per heavy atom. The van der Waals surface area contributed by atoms with Crippen molar-refractivity contribution in [3.8, 4) is 5.75 Å². The molecule has 1 atom stereocenters. The minimum Gasteiger partial charge on any atom is -0.429 e. The average molecular weight is 297 g/mol. The molecular weight excluding hydrogens is 285 g/mol. The largest absolute Gasteiger partial charge is 0.429 e. The monoisotopic (exact) mass is 297 g/mol. The van der Waals surface area contributed by atoms with Crippen LogP contribution in [0.5, 0.6) is 5.75 Å². The lowest BCUT2D eigenvalue weighted by Crippen LogP contribution is -2.27. The normalized spacial score (nSPS) is 13.3. The van der Waals surface area contributed by atoms with Crippen LogP contribution in [0, 0.1) is 0 Å². The molecule has 1 heterocycles. The molecule has 0 aliphatic heterocycles. The SMILES string of the molecule is CP(=O)(NC(=O)Nc1nccs1)Oc1ccccc1. The van der Waals surface area contributed by atoms with Crippen LogP contribution in [0.4, 0.5) is 9.93 Å². The van der Waals surface area contributed by atoms with Gasteiger partial charge in [-0.3, -0.25) is 15.0 Å². The van der Waals surface area contributed by atoms with Crippen molar-refractivity contribution in [3.63, 3.8) is 0 Å². The summed E-state index contributed by atoms with van der Waals surface area (Å²) in [6.07, 6.45) is 1.56. The van der Waals surface area contributed by atoms with Crippen molar-refractivity contribution in [2.24, 2.45) is 0 Å². The number of amides is 2. The van der Waals surface area contributed by atoms with Crippen LogP contribution in [0.3, 0.4) is 0 Å². The summed E-state index contributed by atoms with van der Waals surface area (Å²) in [5.74, 6) is 0.433. The molecule has 0 spiro atoms. The molecule has 0 aliphatic carbocycles. The predicted molar refractivity (Wildman–Crippen MR) is 74.9 cm³/mol. The summed E-state index contributed by atoms with van der Waals surface area (Å²) in [5.41, 5.74) is 0. The Bertz CT molecular complexity index is 588. The second-order valence-electron chi connectivity index (χ2n) is 3.65. The molecule has 1 aromatic heterocycles. The number of hydrogen-bond donors (Lipinski definition) is 2. The third kappa shape index (κ3) is 4.39. The highest BCUT2D eigenvalue weighted by molar-refractivity contribution is 7.57. The summed E-state index contributed by atoms with van der Waals surface area (Å²) in [6.45, 7) is 1.33. The van der Waals surface area contributed by atoms with E-state index in [0.29, 0.717) is 10.9 Å². The molecule has 19 heavy (non-hydrogen) atoms. The number of anilines is 1. The highest BCUT2D eigenvalue weighted by atomic mass is 32.1. The average Bonchev–Trinajstić information content (AvgIpc) is 2.81. The van der Waals surface area contributed by atoms with E-state index in [2.05, 4.69) is 15.4 Å². The molecule has 0 saturated carbocycles. The first-order valence-electron chi connectivity index (χ1n) is 5.36. The molecule has 1 aromatic carbocycles. The molecule has 2 amide bonds. The fourth-order valence-corrected chi connectivity index (χ4v) is 2.82. The quantitative estimate of drug-likeness (QED) is 0.849. The highest BCUT2D eigenvalue weighted by Gasteiger charge is 2.21. The molecule has 1 unspecified atom stereocenters. The Labute approximate surface area is 114 Å². The van der Waals surface area contributed by atoms with Gasteiger partial charge in [-0.1, -0.05) is 18.2 Å². The number of thiazole rings is 1. The molecule has 2 N–H and O–H groups in total. The van der Waals surface area contributed by atoms with Crippen molar-refractivity contribution in [2.75, 3.05) is 12.0 Å². The van der Waals surface area contributed by atoms with Crippen molar-refractivity contribution in [3.05, 3.63) is 41.9 Å². The molecule has 0 aliphatic rings. The Hall–Kier alpha value is -1.85. The van der Waals surface area contributed by atoms with Crippen LogP contribution in [0.1, 0.15) is 0 Å². The number of nitrogens with zero attached hydrogens (tertiary/aromatic N) is 1. The predicted octanol–water partition coefficient (Wildman–Crippen LogP) is 3.17. The van der Waals surface area contributed by atoms with Crippen LogP contribution >= 0.6 is 18.9 Å². The molecule has 100 valence electrons. The van der Waals surface area contributed by atoms with Gasteiger partial charge in [-0.05, 0) is 12.1 Å². The van der Waals surface area contributed by atoms with E-state index in [9.17, 15) is 9.36 Å². The number of urea groups is 1. The first kappa shape index (κ1) is 13.6. The molecule has 0 radical (unpaired) electrons. The first-order chi connectivity index (χ1) is 9.05. The van der Waals surface area contributed by atoms with E-state index in [1.54, 1.807) is 35.8 Å². The van der Waals surface area contributed by atoms with Crippen LogP contribution < -0.4 is 14.9 Å². The Balaban J connectivity index is 1.93. The smallest absolute Gasteiger partial charge is 0.341 e. The first-order valence-corrected chi connectivity index (χ1v) is 8.31. The van der Waals surface area contributed by atoms with E-state index < -0.39 is 13.6 Å². The number of carbonyl (C=O) groups is 1. The summed E-state index contributed by atoms with van der Waals surface area (Å²) < 4.78 is 17.4. The van der Waals surface area contributed by atoms with E-state index >= 15 is 0 Å². The maximum atomic E-state index is 12.1. The van der Waals surface area contributed by atoms with Crippen LogP contribution in [0.25, 0.3) is 0 Å². The maximum Gasteiger partial charge on any atom is 0.341 e. The molecular formula is C11H12N3O3PS. The van der Waals surface area contributed by atoms with Crippen molar-refractivity contribution >= 4 is 30.0 Å². The van der Waals surface area contributed by atoms with Crippen LogP contribution in [-0.4, -0.2) is 17.7 Å². The lowest BCUT2D eigenvalue weighted by atomic mass is 10.3. The second-order valence-corrected chi connectivity index (χ2v) is 6.65. The van der Waals surface area contributed by atoms with Crippen molar-refractivity contribution in [2.45, 2.75) is 0 Å². The Morgan fingerprint density at radius 2 is 2.11 bits per heavy atom. The lowest BCUT2D eigenvalue weighted by molar-refractivity contribution is 0.255. The zero-order chi connectivity index (χ0) is 13.7. The van der Waals surface area contributed by atoms with E-state index in [-0.39, 0.29) is 0 Å². The third-order valence-corrected chi connectivity index (χ3v) is 3.84. The fraction of sp³-hybridized carbons (Fsp3) is 0.0909. The van der Waals surface area contributed by atoms with Gasteiger partial charge >= 0.3 is 13.6 Å². The van der Waals surface area contributed by atoms with Crippen molar-refractivity contribution < 1.29 is 13.9 Å². The topological polar surface area (TPSA) is 80.3 Å². The van der Waals surface area contributed by atoms with E-state index in [1.807, 2.05) is 6.07 Å². The van der Waals surface area contributed by atoms with Gasteiger partial charge in [-0.15, -0.1) is 11.3 Å². The fourth-order valence-electron chi connectivity index (χ4n) is 1.30. The van der Waals surface area contributed by atoms with Gasteiger partial charge in [0.1, 0.15) is 5.75 Å². The van der Waals surface area contributed by atoms with Crippen LogP contribution in [0.2, 0.25) is 0 Å². The molecule has 0 saturated heterocycles. The van der Waals surface area contributed by atoms with Crippen LogP contribution in [0.15, 0.2) is 41.9 Å². The van der Waals surface area contributed by atoms with Crippen molar-refractivity contribution in [1.82, 2.24) is 10.1 Å². The summed E-state index contributed by atoms with van der Waals surface area (Å²) in [6, 6.07) is 8.04. The molecule has 0 fully saturated rings. The summed E-state index contributed by atoms with van der Waals surface area (Å²) in [5, 5.41) is 6.91. The number of para-hydroxylation sites is 1. The number of benzene rings is 1. The summed E-state index contributed by atoms with van der Waals surface area (Å²) >= 11 is 1.27. The lowest BCUT2D eigenvalue weighted by Gasteiger charge is -2.16. The summed E-state index contributed by atoms with van der Waals surface area (Å²) in [7, 11) is -3.27. The Kier molecular flexibility index (Phi) is 4.19. The van der Waals surface area contributed by atoms with Gasteiger partial charge in [0.25, 0.3) is 0 Å². The minimum absolute atomic E-state index is 0.428. The van der Waals surface area contributed by atoms with Gasteiger partial charge in [0.15, 0.2) is 5.13 Å².